The number of nitrogens with zero attached hydrogens (tertiary/aromatic N) is 5. The van der Waals surface area contributed by atoms with Gasteiger partial charge in [0.1, 0.15) is 0 Å². The quantitative estimate of drug-likeness (QED) is 0.599. The Bertz CT molecular complexity index is 988. The van der Waals surface area contributed by atoms with Crippen molar-refractivity contribution in [1.82, 2.24) is 25.1 Å². The van der Waals surface area contributed by atoms with Crippen molar-refractivity contribution < 1.29 is 14.0 Å². The Morgan fingerprint density at radius 1 is 1.10 bits per heavy atom. The number of aromatic nitrogens is 5. The van der Waals surface area contributed by atoms with Gasteiger partial charge in [-0.15, -0.1) is 5.10 Å². The van der Waals surface area contributed by atoms with Gasteiger partial charge in [-0.05, 0) is 43.9 Å². The molecule has 8 nitrogen and oxygen atoms in total. The fourth-order valence-electron chi connectivity index (χ4n) is 4.37. The summed E-state index contributed by atoms with van der Waals surface area (Å²) < 4.78 is 18.5. The van der Waals surface area contributed by atoms with Crippen LogP contribution in [0.15, 0.2) is 22.7 Å². The lowest BCUT2D eigenvalue weighted by atomic mass is 9.78. The lowest BCUT2D eigenvalue weighted by Gasteiger charge is -2.26. The molecule has 0 radical (unpaired) electrons. The van der Waals surface area contributed by atoms with Crippen molar-refractivity contribution in [2.45, 2.75) is 57.9 Å². The zero-order valence-electron chi connectivity index (χ0n) is 17.4. The number of benzene rings is 1. The Morgan fingerprint density at radius 2 is 1.86 bits per heavy atom. The van der Waals surface area contributed by atoms with E-state index in [0.29, 0.717) is 28.9 Å². The van der Waals surface area contributed by atoms with Crippen LogP contribution in [-0.2, 0) is 18.4 Å². The fraction of sp³-hybridized carbons (Fsp3) is 0.524. The van der Waals surface area contributed by atoms with Crippen molar-refractivity contribution in [3.63, 3.8) is 0 Å². The molecule has 0 N–H and O–H groups in total. The first kappa shape index (κ1) is 19.4. The molecule has 154 valence electrons. The third-order valence-electron chi connectivity index (χ3n) is 5.92. The van der Waals surface area contributed by atoms with Gasteiger partial charge in [0, 0.05) is 6.54 Å². The van der Waals surface area contributed by atoms with Crippen LogP contribution in [0.3, 0.4) is 0 Å². The maximum atomic E-state index is 5.68. The first-order chi connectivity index (χ1) is 14.2. The third kappa shape index (κ3) is 3.16. The van der Waals surface area contributed by atoms with Gasteiger partial charge in [-0.25, -0.2) is 4.68 Å². The van der Waals surface area contributed by atoms with Crippen molar-refractivity contribution in [3.8, 4) is 23.1 Å². The SMILES string of the molecule is CCc1c(-c2nc(C3(c4ccc(OC)c(OC)c4)CCCC3)no2)nnn1CC. The van der Waals surface area contributed by atoms with E-state index in [1.54, 1.807) is 14.2 Å². The summed E-state index contributed by atoms with van der Waals surface area (Å²) in [6.07, 6.45) is 4.96. The zero-order chi connectivity index (χ0) is 20.4. The number of aryl methyl sites for hydroxylation is 1. The molecule has 0 unspecified atom stereocenters. The summed E-state index contributed by atoms with van der Waals surface area (Å²) in [6, 6.07) is 6.05. The van der Waals surface area contributed by atoms with Crippen LogP contribution in [0.2, 0.25) is 0 Å². The van der Waals surface area contributed by atoms with E-state index >= 15 is 0 Å². The Morgan fingerprint density at radius 3 is 2.52 bits per heavy atom. The van der Waals surface area contributed by atoms with E-state index in [1.165, 1.54) is 0 Å². The molecule has 4 rings (SSSR count). The monoisotopic (exact) mass is 397 g/mol. The van der Waals surface area contributed by atoms with Crippen LogP contribution in [0.5, 0.6) is 11.5 Å². The molecule has 3 aromatic rings. The van der Waals surface area contributed by atoms with E-state index in [9.17, 15) is 0 Å². The highest BCUT2D eigenvalue weighted by Gasteiger charge is 2.42. The number of ether oxygens (including phenoxy) is 2. The fourth-order valence-corrected chi connectivity index (χ4v) is 4.37. The lowest BCUT2D eigenvalue weighted by molar-refractivity contribution is 0.352. The van der Waals surface area contributed by atoms with Crippen molar-refractivity contribution in [2.75, 3.05) is 14.2 Å². The summed E-state index contributed by atoms with van der Waals surface area (Å²) >= 11 is 0. The van der Waals surface area contributed by atoms with Gasteiger partial charge in [-0.1, -0.05) is 36.2 Å². The normalized spacial score (nSPS) is 15.6. The molecule has 29 heavy (non-hydrogen) atoms. The van der Waals surface area contributed by atoms with Gasteiger partial charge in [-0.3, -0.25) is 0 Å². The van der Waals surface area contributed by atoms with Gasteiger partial charge in [0.2, 0.25) is 0 Å². The molecule has 1 aliphatic carbocycles. The first-order valence-corrected chi connectivity index (χ1v) is 10.2. The largest absolute Gasteiger partial charge is 0.493 e. The molecule has 2 heterocycles. The minimum absolute atomic E-state index is 0.297. The van der Waals surface area contributed by atoms with Gasteiger partial charge in [0.25, 0.3) is 5.89 Å². The predicted molar refractivity (Wildman–Crippen MR) is 107 cm³/mol. The molecule has 2 aromatic heterocycles. The molecule has 0 bridgehead atoms. The van der Waals surface area contributed by atoms with E-state index < -0.39 is 0 Å². The highest BCUT2D eigenvalue weighted by atomic mass is 16.5. The molecule has 1 saturated carbocycles. The third-order valence-corrected chi connectivity index (χ3v) is 5.92. The molecular formula is C21H27N5O3. The minimum atomic E-state index is -0.297. The average molecular weight is 397 g/mol. The van der Waals surface area contributed by atoms with Crippen molar-refractivity contribution >= 4 is 0 Å². The number of hydrogen-bond acceptors (Lipinski definition) is 7. The maximum Gasteiger partial charge on any atom is 0.280 e. The van der Waals surface area contributed by atoms with E-state index in [0.717, 1.165) is 49.9 Å². The molecule has 8 heteroatoms. The maximum absolute atomic E-state index is 5.68. The van der Waals surface area contributed by atoms with E-state index in [-0.39, 0.29) is 5.41 Å². The lowest BCUT2D eigenvalue weighted by Crippen LogP contribution is -2.25. The van der Waals surface area contributed by atoms with Gasteiger partial charge in [0.15, 0.2) is 23.0 Å². The van der Waals surface area contributed by atoms with Crippen LogP contribution in [0.1, 0.15) is 56.6 Å². The van der Waals surface area contributed by atoms with E-state index in [1.807, 2.05) is 23.7 Å². The van der Waals surface area contributed by atoms with Crippen LogP contribution in [-0.4, -0.2) is 39.4 Å². The number of methoxy groups -OCH3 is 2. The average Bonchev–Trinajstić information content (AvgIpc) is 3.51. The van der Waals surface area contributed by atoms with Gasteiger partial charge >= 0.3 is 0 Å². The standard InChI is InChI=1S/C21H27N5O3/c1-5-15-18(23-25-26(15)6-2)19-22-20(24-29-19)21(11-7-8-12-21)14-9-10-16(27-3)17(13-14)28-4/h9-10,13H,5-8,11-12H2,1-4H3. The van der Waals surface area contributed by atoms with Crippen molar-refractivity contribution in [1.29, 1.82) is 0 Å². The van der Waals surface area contributed by atoms with E-state index in [4.69, 9.17) is 19.0 Å². The molecule has 0 atom stereocenters. The van der Waals surface area contributed by atoms with Gasteiger partial charge < -0.3 is 14.0 Å². The molecule has 0 aliphatic heterocycles. The summed E-state index contributed by atoms with van der Waals surface area (Å²) in [5, 5.41) is 12.9. The topological polar surface area (TPSA) is 88.1 Å². The van der Waals surface area contributed by atoms with Crippen LogP contribution in [0.25, 0.3) is 11.6 Å². The second-order valence-electron chi connectivity index (χ2n) is 7.34. The zero-order valence-corrected chi connectivity index (χ0v) is 17.4. The van der Waals surface area contributed by atoms with E-state index in [2.05, 4.69) is 28.5 Å². The van der Waals surface area contributed by atoms with Crippen molar-refractivity contribution in [2.24, 2.45) is 0 Å². The predicted octanol–water partition coefficient (Wildman–Crippen LogP) is 3.79. The molecule has 1 fully saturated rings. The molecule has 1 aliphatic rings. The van der Waals surface area contributed by atoms with Crippen LogP contribution < -0.4 is 9.47 Å². The summed E-state index contributed by atoms with van der Waals surface area (Å²) in [7, 11) is 3.29. The first-order valence-electron chi connectivity index (χ1n) is 10.2. The smallest absolute Gasteiger partial charge is 0.280 e. The van der Waals surface area contributed by atoms with Crippen LogP contribution in [0, 0.1) is 0 Å². The molecule has 1 aromatic carbocycles. The molecular weight excluding hydrogens is 370 g/mol. The Kier molecular flexibility index (Phi) is 5.25. The highest BCUT2D eigenvalue weighted by Crippen LogP contribution is 2.47. The Labute approximate surface area is 170 Å². The highest BCUT2D eigenvalue weighted by molar-refractivity contribution is 5.51. The Hall–Kier alpha value is -2.90. The molecule has 0 saturated heterocycles. The molecule has 0 amide bonds. The second-order valence-corrected chi connectivity index (χ2v) is 7.34. The van der Waals surface area contributed by atoms with Gasteiger partial charge in [-0.2, -0.15) is 4.98 Å². The van der Waals surface area contributed by atoms with Crippen LogP contribution in [0.4, 0.5) is 0 Å². The number of rotatable bonds is 7. The summed E-state index contributed by atoms with van der Waals surface area (Å²) in [6.45, 7) is 4.88. The molecule has 0 spiro atoms. The van der Waals surface area contributed by atoms with Crippen molar-refractivity contribution in [3.05, 3.63) is 35.3 Å². The summed E-state index contributed by atoms with van der Waals surface area (Å²) in [4.78, 5) is 4.80. The Balaban J connectivity index is 1.77. The second kappa shape index (κ2) is 7.85. The summed E-state index contributed by atoms with van der Waals surface area (Å²) in [5.41, 5.74) is 2.50. The number of hydrogen-bond donors (Lipinski definition) is 0. The summed E-state index contributed by atoms with van der Waals surface area (Å²) in [5.74, 6) is 2.55. The van der Waals surface area contributed by atoms with Crippen LogP contribution >= 0.6 is 0 Å². The van der Waals surface area contributed by atoms with Gasteiger partial charge in [0.05, 0.1) is 25.3 Å². The minimum Gasteiger partial charge on any atom is -0.493 e.